The first-order chi connectivity index (χ1) is 9.20. The van der Waals surface area contributed by atoms with Crippen molar-refractivity contribution in [2.24, 2.45) is 0 Å². The zero-order valence-electron chi connectivity index (χ0n) is 14.5. The van der Waals surface area contributed by atoms with Gasteiger partial charge in [0.25, 0.3) is 0 Å². The molecule has 0 amide bonds. The van der Waals surface area contributed by atoms with Crippen molar-refractivity contribution in [3.8, 4) is 0 Å². The molecule has 0 saturated carbocycles. The van der Waals surface area contributed by atoms with Crippen LogP contribution in [0.4, 0.5) is 0 Å². The first kappa shape index (κ1) is 31.6. The molecule has 13 heteroatoms. The van der Waals surface area contributed by atoms with Crippen molar-refractivity contribution in [1.82, 2.24) is 9.80 Å². The minimum Gasteiger partial charge on any atom is -1.00 e. The van der Waals surface area contributed by atoms with Crippen molar-refractivity contribution in [2.45, 2.75) is 0 Å². The first-order valence-corrected chi connectivity index (χ1v) is 5.48. The van der Waals surface area contributed by atoms with Gasteiger partial charge in [-0.3, -0.25) is 19.4 Å². The van der Waals surface area contributed by atoms with Gasteiger partial charge in [0, 0.05) is 26.2 Å². The molecule has 0 bridgehead atoms. The van der Waals surface area contributed by atoms with Crippen LogP contribution in [0.5, 0.6) is 0 Å². The average molecular weight is 360 g/mol. The van der Waals surface area contributed by atoms with Gasteiger partial charge >= 0.3 is 101 Å². The normalized spacial score (nSPS) is 9.30. The quantitative estimate of drug-likeness (QED) is 0.338. The molecule has 0 aliphatic rings. The molecule has 0 spiro atoms. The zero-order chi connectivity index (χ0) is 15.7. The Morgan fingerprint density at radius 2 is 0.957 bits per heavy atom. The van der Waals surface area contributed by atoms with E-state index in [2.05, 4.69) is 0 Å². The van der Waals surface area contributed by atoms with Crippen molar-refractivity contribution >= 4 is 23.9 Å². The molecule has 116 valence electrons. The van der Waals surface area contributed by atoms with E-state index in [4.69, 9.17) is 10.2 Å². The molecule has 0 heterocycles. The molecule has 0 rings (SSSR count). The zero-order valence-corrected chi connectivity index (χ0v) is 19.5. The second-order valence-corrected chi connectivity index (χ2v) is 3.95. The fourth-order valence-corrected chi connectivity index (χ4v) is 1.46. The molecule has 0 radical (unpaired) electrons. The SMILES string of the molecule is O=C([O-])CN(CCN(CC(=O)O)CC(=O)O)CC(=O)[O-].[H-].[Na+].[Na+].[Na+]. The first-order valence-electron chi connectivity index (χ1n) is 5.48. The topological polar surface area (TPSA) is 161 Å². The molecule has 0 aromatic carbocycles. The van der Waals surface area contributed by atoms with E-state index in [0.717, 1.165) is 9.80 Å². The molecule has 0 aromatic heterocycles. The monoisotopic (exact) mass is 360 g/mol. The summed E-state index contributed by atoms with van der Waals surface area (Å²) in [7, 11) is 0. The second-order valence-electron chi connectivity index (χ2n) is 3.95. The fourth-order valence-electron chi connectivity index (χ4n) is 1.46. The van der Waals surface area contributed by atoms with Crippen molar-refractivity contribution in [2.75, 3.05) is 39.3 Å². The molecule has 0 atom stereocenters. The Hall–Kier alpha value is 0.800. The maximum Gasteiger partial charge on any atom is 1.00 e. The van der Waals surface area contributed by atoms with Crippen molar-refractivity contribution < 1.29 is 130 Å². The summed E-state index contributed by atoms with van der Waals surface area (Å²) in [6.07, 6.45) is 0. The van der Waals surface area contributed by atoms with Crippen molar-refractivity contribution in [1.29, 1.82) is 0 Å². The minimum absolute atomic E-state index is 0. The number of hydrogen-bond donors (Lipinski definition) is 2. The summed E-state index contributed by atoms with van der Waals surface area (Å²) in [5.74, 6) is -5.52. The number of carboxylic acid groups (broad SMARTS) is 4. The third-order valence-electron chi connectivity index (χ3n) is 2.16. The van der Waals surface area contributed by atoms with Gasteiger partial charge in [-0.05, 0) is 0 Å². The van der Waals surface area contributed by atoms with Crippen LogP contribution in [0.1, 0.15) is 1.43 Å². The van der Waals surface area contributed by atoms with Crippen LogP contribution in [0.25, 0.3) is 0 Å². The number of aliphatic carboxylic acids is 4. The van der Waals surface area contributed by atoms with Crippen LogP contribution >= 0.6 is 0 Å². The standard InChI is InChI=1S/C10H16N2O8.3Na.H/c13-7(14)3-11(4-8(15)16)1-2-12(5-9(17)18)6-10(19)20;;;;/h1-6H2,(H,13,14)(H,15,16)(H,17,18)(H,19,20);;;;/q;3*+1;-1/p-2. The summed E-state index contributed by atoms with van der Waals surface area (Å²) < 4.78 is 0. The van der Waals surface area contributed by atoms with E-state index in [0.29, 0.717) is 0 Å². The van der Waals surface area contributed by atoms with Crippen LogP contribution in [0.15, 0.2) is 0 Å². The molecule has 0 aliphatic heterocycles. The maximum absolute atomic E-state index is 10.5. The van der Waals surface area contributed by atoms with Crippen LogP contribution in [-0.4, -0.2) is 83.2 Å². The molecule has 0 aromatic rings. The predicted molar refractivity (Wildman–Crippen MR) is 59.3 cm³/mol. The molecule has 23 heavy (non-hydrogen) atoms. The fraction of sp³-hybridized carbons (Fsp3) is 0.600. The van der Waals surface area contributed by atoms with E-state index < -0.39 is 50.1 Å². The minimum atomic E-state index is -1.51. The molecule has 0 unspecified atom stereocenters. The Balaban J connectivity index is -0.000000301. The third kappa shape index (κ3) is 20.8. The molecule has 10 nitrogen and oxygen atoms in total. The van der Waals surface area contributed by atoms with Crippen molar-refractivity contribution in [3.63, 3.8) is 0 Å². The van der Waals surface area contributed by atoms with E-state index in [1.165, 1.54) is 0 Å². The molecule has 0 fully saturated rings. The largest absolute Gasteiger partial charge is 1.00 e. The van der Waals surface area contributed by atoms with Gasteiger partial charge in [0.1, 0.15) is 0 Å². The van der Waals surface area contributed by atoms with E-state index in [1.54, 1.807) is 0 Å². The Morgan fingerprint density at radius 1 is 0.696 bits per heavy atom. The number of nitrogens with zero attached hydrogens (tertiary/aromatic N) is 2. The van der Waals surface area contributed by atoms with Gasteiger partial charge in [0.2, 0.25) is 0 Å². The molecule has 0 aliphatic carbocycles. The summed E-state index contributed by atoms with van der Waals surface area (Å²) in [5, 5.41) is 38.0. The van der Waals surface area contributed by atoms with Crippen LogP contribution in [0.3, 0.4) is 0 Å². The molecular weight excluding hydrogens is 345 g/mol. The van der Waals surface area contributed by atoms with Crippen LogP contribution in [0.2, 0.25) is 0 Å². The van der Waals surface area contributed by atoms with Gasteiger partial charge in [-0.15, -0.1) is 0 Å². The van der Waals surface area contributed by atoms with Crippen LogP contribution in [-0.2, 0) is 19.2 Å². The summed E-state index contributed by atoms with van der Waals surface area (Å²) >= 11 is 0. The van der Waals surface area contributed by atoms with Crippen LogP contribution in [0, 0.1) is 0 Å². The summed E-state index contributed by atoms with van der Waals surface area (Å²) in [6.45, 7) is -2.75. The van der Waals surface area contributed by atoms with E-state index in [-0.39, 0.29) is 103 Å². The second kappa shape index (κ2) is 17.6. The Morgan fingerprint density at radius 3 is 1.17 bits per heavy atom. The van der Waals surface area contributed by atoms with Gasteiger partial charge in [-0.25, -0.2) is 0 Å². The number of carbonyl (C=O) groups excluding carboxylic acids is 2. The van der Waals surface area contributed by atoms with E-state index in [9.17, 15) is 29.4 Å². The van der Waals surface area contributed by atoms with E-state index in [1.807, 2.05) is 0 Å². The van der Waals surface area contributed by atoms with Gasteiger partial charge in [-0.1, -0.05) is 0 Å². The Kier molecular flexibility index (Phi) is 24.2. The Bertz CT molecular complexity index is 334. The van der Waals surface area contributed by atoms with Gasteiger partial charge in [0.15, 0.2) is 0 Å². The average Bonchev–Trinajstić information content (AvgIpc) is 2.22. The van der Waals surface area contributed by atoms with Gasteiger partial charge < -0.3 is 31.4 Å². The number of hydrogen-bond acceptors (Lipinski definition) is 8. The smallest absolute Gasteiger partial charge is 1.00 e. The van der Waals surface area contributed by atoms with Crippen molar-refractivity contribution in [3.05, 3.63) is 0 Å². The molecule has 2 N–H and O–H groups in total. The number of carboxylic acids is 4. The molecule has 0 saturated heterocycles. The summed E-state index contributed by atoms with van der Waals surface area (Å²) in [5.41, 5.74) is 0. The Labute approximate surface area is 200 Å². The van der Waals surface area contributed by atoms with E-state index >= 15 is 0 Å². The summed E-state index contributed by atoms with van der Waals surface area (Å²) in [6, 6.07) is 0. The maximum atomic E-state index is 10.5. The van der Waals surface area contributed by atoms with Gasteiger partial charge in [0.05, 0.1) is 25.0 Å². The third-order valence-corrected chi connectivity index (χ3v) is 2.16. The number of carbonyl (C=O) groups is 4. The van der Waals surface area contributed by atoms with Gasteiger partial charge in [-0.2, -0.15) is 0 Å². The predicted octanol–water partition coefficient (Wildman–Crippen LogP) is -13.6. The molecular formula is C10H15N2Na3O8. The summed E-state index contributed by atoms with van der Waals surface area (Å²) in [4.78, 5) is 43.9. The van der Waals surface area contributed by atoms with Crippen LogP contribution < -0.4 is 98.9 Å². The number of rotatable bonds is 11.